The van der Waals surface area contributed by atoms with E-state index in [-0.39, 0.29) is 17.2 Å². The molecule has 4 rings (SSSR count). The molecule has 2 aliphatic heterocycles. The van der Waals surface area contributed by atoms with Gasteiger partial charge in [0, 0.05) is 20.0 Å². The Bertz CT molecular complexity index is 1130. The molecule has 2 amide bonds. The Kier molecular flexibility index (Phi) is 6.63. The molecule has 0 unspecified atom stereocenters. The normalized spacial score (nSPS) is 20.5. The van der Waals surface area contributed by atoms with E-state index >= 15 is 0 Å². The van der Waals surface area contributed by atoms with Crippen LogP contribution in [0.2, 0.25) is 0 Å². The number of carbonyl (C=O) groups is 3. The number of halogens is 1. The van der Waals surface area contributed by atoms with Crippen LogP contribution in [0, 0.1) is 0 Å². The van der Waals surface area contributed by atoms with Gasteiger partial charge in [-0.25, -0.2) is 4.79 Å². The molecule has 2 atom stereocenters. The second kappa shape index (κ2) is 9.43. The van der Waals surface area contributed by atoms with Crippen molar-refractivity contribution < 1.29 is 28.7 Å². The van der Waals surface area contributed by atoms with Crippen molar-refractivity contribution in [1.82, 2.24) is 10.2 Å². The summed E-state index contributed by atoms with van der Waals surface area (Å²) in [6.07, 6.45) is 1.38. The van der Waals surface area contributed by atoms with E-state index in [4.69, 9.17) is 9.25 Å². The molecule has 1 aromatic heterocycles. The summed E-state index contributed by atoms with van der Waals surface area (Å²) in [5, 5.41) is 15.6. The Hall–Kier alpha value is -2.70. The highest BCUT2D eigenvalue weighted by Gasteiger charge is 2.54. The molecule has 32 heavy (non-hydrogen) atoms. The van der Waals surface area contributed by atoms with Crippen LogP contribution in [0.25, 0.3) is 0 Å². The standard InChI is InChI=1S/C20H16BrN3O6S2/c1-29-23-14(11-6-4-8-30-11)17(25)22-15-18(26)24-16(20(27)28)13(9-31-19(15)24)32-12-7-3-2-5-10(12)21/h2-8,15,19H,9H2,1H3,(H,22,25)(H,27,28)/b23-14-/t15-,19-/m1/s1. The second-order valence-electron chi connectivity index (χ2n) is 6.57. The van der Waals surface area contributed by atoms with Crippen LogP contribution in [0.3, 0.4) is 0 Å². The summed E-state index contributed by atoms with van der Waals surface area (Å²) < 4.78 is 6.03. The number of thioether (sulfide) groups is 2. The predicted octanol–water partition coefficient (Wildman–Crippen LogP) is 2.88. The minimum absolute atomic E-state index is 0.0678. The molecule has 0 radical (unpaired) electrons. The summed E-state index contributed by atoms with van der Waals surface area (Å²) in [6.45, 7) is 0. The SMILES string of the molecule is CO/N=C(\C(=O)N[C@@H]1C(=O)N2C(C(=O)O)=C(Sc3ccccc3Br)CS[C@H]12)c1ccco1. The molecule has 3 heterocycles. The van der Waals surface area contributed by atoms with Crippen LogP contribution in [-0.4, -0.2) is 57.8 Å². The van der Waals surface area contributed by atoms with Gasteiger partial charge in [0.1, 0.15) is 24.2 Å². The average Bonchev–Trinajstić information content (AvgIpc) is 3.31. The monoisotopic (exact) mass is 537 g/mol. The Morgan fingerprint density at radius 1 is 1.34 bits per heavy atom. The lowest BCUT2D eigenvalue weighted by Crippen LogP contribution is -2.71. The molecular weight excluding hydrogens is 522 g/mol. The number of carboxylic acid groups (broad SMARTS) is 1. The number of furan rings is 1. The first kappa shape index (κ1) is 22.5. The Balaban J connectivity index is 1.54. The van der Waals surface area contributed by atoms with Gasteiger partial charge in [-0.05, 0) is 40.2 Å². The van der Waals surface area contributed by atoms with Gasteiger partial charge in [0.25, 0.3) is 11.8 Å². The zero-order chi connectivity index (χ0) is 22.8. The van der Waals surface area contributed by atoms with Crippen molar-refractivity contribution >= 4 is 62.9 Å². The third kappa shape index (κ3) is 4.17. The highest BCUT2D eigenvalue weighted by atomic mass is 79.9. The van der Waals surface area contributed by atoms with Gasteiger partial charge >= 0.3 is 5.97 Å². The van der Waals surface area contributed by atoms with E-state index in [1.807, 2.05) is 24.3 Å². The fourth-order valence-electron chi connectivity index (χ4n) is 3.24. The van der Waals surface area contributed by atoms with Gasteiger partial charge in [-0.1, -0.05) is 29.1 Å². The number of hydrogen-bond donors (Lipinski definition) is 2. The van der Waals surface area contributed by atoms with Crippen LogP contribution < -0.4 is 5.32 Å². The highest BCUT2D eigenvalue weighted by molar-refractivity contribution is 9.10. The van der Waals surface area contributed by atoms with Crippen molar-refractivity contribution in [3.8, 4) is 0 Å². The number of benzene rings is 1. The first-order chi connectivity index (χ1) is 15.4. The molecule has 1 fully saturated rings. The summed E-state index contributed by atoms with van der Waals surface area (Å²) in [6, 6.07) is 9.68. The number of amides is 2. The summed E-state index contributed by atoms with van der Waals surface area (Å²) in [5.74, 6) is -1.79. The third-order valence-corrected chi connectivity index (χ3v) is 8.22. The number of fused-ring (bicyclic) bond motifs is 1. The lowest BCUT2D eigenvalue weighted by Gasteiger charge is -2.49. The van der Waals surface area contributed by atoms with Gasteiger partial charge in [0.15, 0.2) is 5.76 Å². The van der Waals surface area contributed by atoms with E-state index in [1.165, 1.54) is 47.9 Å². The van der Waals surface area contributed by atoms with Crippen molar-refractivity contribution in [2.75, 3.05) is 12.9 Å². The molecule has 2 aromatic rings. The molecule has 1 saturated heterocycles. The Labute approximate surface area is 199 Å². The summed E-state index contributed by atoms with van der Waals surface area (Å²) >= 11 is 6.14. The van der Waals surface area contributed by atoms with Crippen molar-refractivity contribution in [3.05, 3.63) is 63.5 Å². The maximum Gasteiger partial charge on any atom is 0.353 e. The van der Waals surface area contributed by atoms with Crippen LogP contribution in [0.1, 0.15) is 5.76 Å². The number of carbonyl (C=O) groups excluding carboxylic acids is 2. The molecule has 0 bridgehead atoms. The highest BCUT2D eigenvalue weighted by Crippen LogP contribution is 2.46. The quantitative estimate of drug-likeness (QED) is 0.314. The van der Waals surface area contributed by atoms with E-state index in [1.54, 1.807) is 6.07 Å². The zero-order valence-corrected chi connectivity index (χ0v) is 19.7. The summed E-state index contributed by atoms with van der Waals surface area (Å²) in [7, 11) is 1.29. The van der Waals surface area contributed by atoms with Gasteiger partial charge in [0.05, 0.1) is 6.26 Å². The average molecular weight is 538 g/mol. The van der Waals surface area contributed by atoms with Crippen LogP contribution >= 0.6 is 39.5 Å². The minimum atomic E-state index is -1.19. The van der Waals surface area contributed by atoms with Crippen molar-refractivity contribution in [2.24, 2.45) is 5.16 Å². The Morgan fingerprint density at radius 2 is 2.12 bits per heavy atom. The van der Waals surface area contributed by atoms with E-state index in [0.717, 1.165) is 9.37 Å². The fourth-order valence-corrected chi connectivity index (χ4v) is 6.26. The second-order valence-corrected chi connectivity index (χ2v) is 9.67. The van der Waals surface area contributed by atoms with Crippen LogP contribution in [0.4, 0.5) is 0 Å². The topological polar surface area (TPSA) is 121 Å². The molecule has 0 spiro atoms. The number of carboxylic acids is 1. The first-order valence-electron chi connectivity index (χ1n) is 9.21. The van der Waals surface area contributed by atoms with Crippen LogP contribution in [0.15, 0.2) is 72.2 Å². The molecule has 0 saturated carbocycles. The zero-order valence-electron chi connectivity index (χ0n) is 16.5. The van der Waals surface area contributed by atoms with E-state index in [2.05, 4.69) is 26.4 Å². The Morgan fingerprint density at radius 3 is 2.78 bits per heavy atom. The molecule has 2 aliphatic rings. The maximum absolute atomic E-state index is 12.9. The van der Waals surface area contributed by atoms with Crippen molar-refractivity contribution in [1.29, 1.82) is 0 Å². The van der Waals surface area contributed by atoms with E-state index < -0.39 is 29.2 Å². The minimum Gasteiger partial charge on any atom is -0.477 e. The smallest absolute Gasteiger partial charge is 0.353 e. The summed E-state index contributed by atoms with van der Waals surface area (Å²) in [5.41, 5.74) is -0.189. The number of nitrogens with one attached hydrogen (secondary N) is 1. The number of rotatable bonds is 7. The largest absolute Gasteiger partial charge is 0.477 e. The van der Waals surface area contributed by atoms with Crippen LogP contribution in [-0.2, 0) is 19.2 Å². The summed E-state index contributed by atoms with van der Waals surface area (Å²) in [4.78, 5) is 45.0. The van der Waals surface area contributed by atoms with E-state index in [0.29, 0.717) is 10.7 Å². The third-order valence-electron chi connectivity index (χ3n) is 4.64. The first-order valence-corrected chi connectivity index (χ1v) is 11.9. The maximum atomic E-state index is 12.9. The molecule has 166 valence electrons. The van der Waals surface area contributed by atoms with E-state index in [9.17, 15) is 19.5 Å². The van der Waals surface area contributed by atoms with Crippen molar-refractivity contribution in [2.45, 2.75) is 16.3 Å². The number of hydrogen-bond acceptors (Lipinski definition) is 8. The molecule has 12 heteroatoms. The fraction of sp³-hybridized carbons (Fsp3) is 0.200. The number of aliphatic carboxylic acids is 1. The van der Waals surface area contributed by atoms with Gasteiger partial charge in [0.2, 0.25) is 5.71 Å². The number of oxime groups is 1. The molecule has 9 nitrogen and oxygen atoms in total. The molecule has 2 N–H and O–H groups in total. The van der Waals surface area contributed by atoms with Crippen molar-refractivity contribution in [3.63, 3.8) is 0 Å². The van der Waals surface area contributed by atoms with Crippen LogP contribution in [0.5, 0.6) is 0 Å². The lowest BCUT2D eigenvalue weighted by molar-refractivity contribution is -0.150. The van der Waals surface area contributed by atoms with Gasteiger partial charge in [-0.2, -0.15) is 0 Å². The molecule has 0 aliphatic carbocycles. The number of nitrogens with zero attached hydrogens (tertiary/aromatic N) is 2. The van der Waals surface area contributed by atoms with Gasteiger partial charge < -0.3 is 19.7 Å². The van der Waals surface area contributed by atoms with Gasteiger partial charge in [-0.3, -0.25) is 14.5 Å². The van der Waals surface area contributed by atoms with Gasteiger partial charge in [-0.15, -0.1) is 11.8 Å². The predicted molar refractivity (Wildman–Crippen MR) is 122 cm³/mol. The lowest BCUT2D eigenvalue weighted by atomic mass is 10.0. The molecular formula is C20H16BrN3O6S2. The molecule has 1 aromatic carbocycles. The number of β-lactam (4-membered cyclic amide) rings is 1.